The first kappa shape index (κ1) is 19.5. The second-order valence-electron chi connectivity index (χ2n) is 6.75. The number of aryl methyl sites for hydroxylation is 1. The highest BCUT2D eigenvalue weighted by atomic mass is 16.6. The van der Waals surface area contributed by atoms with E-state index in [-0.39, 0.29) is 29.1 Å². The summed E-state index contributed by atoms with van der Waals surface area (Å²) in [7, 11) is 0. The Balaban J connectivity index is 1.80. The highest BCUT2D eigenvalue weighted by Crippen LogP contribution is 2.22. The molecule has 1 fully saturated rings. The van der Waals surface area contributed by atoms with E-state index in [1.165, 1.54) is 28.9 Å². The standard InChI is InChI=1S/C18H22N6O4/c1-4-14-11(3)19-18(21-17(14)26)23-15(9-10(2)22-23)20-16(25)12-5-7-13(8-6-12)24(27)28/h5-9,11,14,18-19H,4H2,1-3H3,(H,20,25)(H,21,26). The third-order valence-electron chi connectivity index (χ3n) is 4.76. The van der Waals surface area contributed by atoms with E-state index >= 15 is 0 Å². The summed E-state index contributed by atoms with van der Waals surface area (Å²) in [6, 6.07) is 6.95. The summed E-state index contributed by atoms with van der Waals surface area (Å²) in [5, 5.41) is 24.0. The highest BCUT2D eigenvalue weighted by Gasteiger charge is 2.34. The first-order chi connectivity index (χ1) is 13.3. The molecule has 1 aliphatic heterocycles. The van der Waals surface area contributed by atoms with Crippen LogP contribution in [0, 0.1) is 23.0 Å². The van der Waals surface area contributed by atoms with Crippen molar-refractivity contribution in [2.75, 3.05) is 5.32 Å². The van der Waals surface area contributed by atoms with E-state index in [1.807, 2.05) is 13.8 Å². The Morgan fingerprint density at radius 1 is 1.36 bits per heavy atom. The molecule has 28 heavy (non-hydrogen) atoms. The third kappa shape index (κ3) is 3.86. The fourth-order valence-electron chi connectivity index (χ4n) is 3.28. The number of nitro groups is 1. The van der Waals surface area contributed by atoms with E-state index in [0.717, 1.165) is 0 Å². The van der Waals surface area contributed by atoms with Crippen LogP contribution in [0.3, 0.4) is 0 Å². The van der Waals surface area contributed by atoms with Crippen molar-refractivity contribution in [3.05, 3.63) is 51.7 Å². The van der Waals surface area contributed by atoms with Crippen LogP contribution in [0.4, 0.5) is 11.5 Å². The van der Waals surface area contributed by atoms with Gasteiger partial charge in [-0.3, -0.25) is 25.0 Å². The minimum atomic E-state index is -0.592. The number of carbonyl (C=O) groups is 2. The Hall–Kier alpha value is -3.27. The van der Waals surface area contributed by atoms with E-state index < -0.39 is 17.1 Å². The number of hydrogen-bond donors (Lipinski definition) is 3. The zero-order valence-electron chi connectivity index (χ0n) is 15.8. The predicted octanol–water partition coefficient (Wildman–Crippen LogP) is 1.94. The Bertz CT molecular complexity index is 907. The first-order valence-corrected chi connectivity index (χ1v) is 8.98. The van der Waals surface area contributed by atoms with Gasteiger partial charge in [0.15, 0.2) is 6.29 Å². The topological polar surface area (TPSA) is 131 Å². The van der Waals surface area contributed by atoms with Crippen LogP contribution in [-0.4, -0.2) is 32.6 Å². The monoisotopic (exact) mass is 386 g/mol. The average molecular weight is 386 g/mol. The highest BCUT2D eigenvalue weighted by molar-refractivity contribution is 6.04. The van der Waals surface area contributed by atoms with Gasteiger partial charge >= 0.3 is 0 Å². The Morgan fingerprint density at radius 2 is 2.04 bits per heavy atom. The molecular formula is C18H22N6O4. The van der Waals surface area contributed by atoms with Crippen LogP contribution in [0.15, 0.2) is 30.3 Å². The van der Waals surface area contributed by atoms with E-state index in [2.05, 4.69) is 21.0 Å². The van der Waals surface area contributed by atoms with Crippen LogP contribution in [0.1, 0.15) is 42.6 Å². The van der Waals surface area contributed by atoms with Crippen LogP contribution >= 0.6 is 0 Å². The normalized spacial score (nSPS) is 21.8. The number of rotatable bonds is 5. The molecule has 10 nitrogen and oxygen atoms in total. The molecule has 3 N–H and O–H groups in total. The van der Waals surface area contributed by atoms with Crippen molar-refractivity contribution in [2.24, 2.45) is 5.92 Å². The van der Waals surface area contributed by atoms with Crippen molar-refractivity contribution in [3.63, 3.8) is 0 Å². The predicted molar refractivity (Wildman–Crippen MR) is 102 cm³/mol. The van der Waals surface area contributed by atoms with Gasteiger partial charge in [0, 0.05) is 29.8 Å². The molecular weight excluding hydrogens is 364 g/mol. The number of non-ortho nitro benzene ring substituents is 1. The minimum Gasteiger partial charge on any atom is -0.322 e. The maximum Gasteiger partial charge on any atom is 0.269 e. The minimum absolute atomic E-state index is 0.0496. The summed E-state index contributed by atoms with van der Waals surface area (Å²) in [4.78, 5) is 35.1. The quantitative estimate of drug-likeness (QED) is 0.532. The molecule has 1 aromatic heterocycles. The zero-order chi connectivity index (χ0) is 20.4. The fraction of sp³-hybridized carbons (Fsp3) is 0.389. The lowest BCUT2D eigenvalue weighted by atomic mass is 9.95. The van der Waals surface area contributed by atoms with Crippen LogP contribution in [0.5, 0.6) is 0 Å². The number of anilines is 1. The van der Waals surface area contributed by atoms with Crippen molar-refractivity contribution >= 4 is 23.3 Å². The number of carbonyl (C=O) groups excluding carboxylic acids is 2. The van der Waals surface area contributed by atoms with Crippen LogP contribution in [-0.2, 0) is 4.79 Å². The van der Waals surface area contributed by atoms with E-state index in [9.17, 15) is 19.7 Å². The lowest BCUT2D eigenvalue weighted by Gasteiger charge is -2.35. The maximum absolute atomic E-state index is 12.5. The van der Waals surface area contributed by atoms with Crippen LogP contribution < -0.4 is 16.0 Å². The van der Waals surface area contributed by atoms with Gasteiger partial charge in [0.1, 0.15) is 5.82 Å². The third-order valence-corrected chi connectivity index (χ3v) is 4.76. The molecule has 1 aliphatic rings. The molecule has 0 bridgehead atoms. The van der Waals surface area contributed by atoms with Crippen LogP contribution in [0.2, 0.25) is 0 Å². The molecule has 2 amide bonds. The van der Waals surface area contributed by atoms with Gasteiger partial charge in [0.25, 0.3) is 11.6 Å². The Kier molecular flexibility index (Phi) is 5.41. The van der Waals surface area contributed by atoms with Crippen molar-refractivity contribution in [2.45, 2.75) is 39.5 Å². The zero-order valence-corrected chi connectivity index (χ0v) is 15.8. The van der Waals surface area contributed by atoms with E-state index in [1.54, 1.807) is 13.0 Å². The van der Waals surface area contributed by atoms with Gasteiger partial charge in [-0.05, 0) is 32.4 Å². The molecule has 1 aromatic carbocycles. The molecule has 2 aromatic rings. The Labute approximate surface area is 161 Å². The lowest BCUT2D eigenvalue weighted by molar-refractivity contribution is -0.384. The van der Waals surface area contributed by atoms with E-state index in [0.29, 0.717) is 17.9 Å². The summed E-state index contributed by atoms with van der Waals surface area (Å²) in [6.07, 6.45) is 0.125. The maximum atomic E-state index is 12.5. The van der Waals surface area contributed by atoms with Gasteiger partial charge in [0.05, 0.1) is 16.5 Å². The fourth-order valence-corrected chi connectivity index (χ4v) is 3.28. The molecule has 0 spiro atoms. The second kappa shape index (κ2) is 7.77. The van der Waals surface area contributed by atoms with Gasteiger partial charge in [-0.2, -0.15) is 5.10 Å². The smallest absolute Gasteiger partial charge is 0.269 e. The summed E-state index contributed by atoms with van der Waals surface area (Å²) < 4.78 is 1.51. The van der Waals surface area contributed by atoms with E-state index in [4.69, 9.17) is 0 Å². The van der Waals surface area contributed by atoms with Gasteiger partial charge in [-0.25, -0.2) is 4.68 Å². The SMILES string of the molecule is CCC1C(=O)NC(n2nc(C)cc2NC(=O)c2ccc([N+](=O)[O-])cc2)NC1C. The summed E-state index contributed by atoms with van der Waals surface area (Å²) in [6.45, 7) is 5.67. The van der Waals surface area contributed by atoms with Gasteiger partial charge < -0.3 is 10.6 Å². The van der Waals surface area contributed by atoms with Crippen molar-refractivity contribution in [1.29, 1.82) is 0 Å². The molecule has 0 aliphatic carbocycles. The lowest BCUT2D eigenvalue weighted by Crippen LogP contribution is -2.57. The molecule has 148 valence electrons. The van der Waals surface area contributed by atoms with Crippen molar-refractivity contribution < 1.29 is 14.5 Å². The second-order valence-corrected chi connectivity index (χ2v) is 6.75. The molecule has 0 radical (unpaired) electrons. The van der Waals surface area contributed by atoms with Gasteiger partial charge in [-0.1, -0.05) is 6.92 Å². The number of nitro benzene ring substituents is 1. The number of amides is 2. The van der Waals surface area contributed by atoms with Crippen molar-refractivity contribution in [3.8, 4) is 0 Å². The number of aromatic nitrogens is 2. The number of benzene rings is 1. The van der Waals surface area contributed by atoms with Crippen molar-refractivity contribution in [1.82, 2.24) is 20.4 Å². The first-order valence-electron chi connectivity index (χ1n) is 8.98. The van der Waals surface area contributed by atoms with Crippen LogP contribution in [0.25, 0.3) is 0 Å². The molecule has 3 unspecified atom stereocenters. The number of nitrogens with one attached hydrogen (secondary N) is 3. The summed E-state index contributed by atoms with van der Waals surface area (Å²) in [5.74, 6) is -0.232. The molecule has 0 saturated carbocycles. The van der Waals surface area contributed by atoms with Gasteiger partial charge in [0.2, 0.25) is 5.91 Å². The molecule has 1 saturated heterocycles. The average Bonchev–Trinajstić information content (AvgIpc) is 3.01. The number of hydrogen-bond acceptors (Lipinski definition) is 6. The Morgan fingerprint density at radius 3 is 2.61 bits per heavy atom. The molecule has 3 atom stereocenters. The summed E-state index contributed by atoms with van der Waals surface area (Å²) in [5.41, 5.74) is 0.849. The summed E-state index contributed by atoms with van der Waals surface area (Å²) >= 11 is 0. The largest absolute Gasteiger partial charge is 0.322 e. The molecule has 2 heterocycles. The molecule has 10 heteroatoms. The number of nitrogens with zero attached hydrogens (tertiary/aromatic N) is 3. The van der Waals surface area contributed by atoms with Gasteiger partial charge in [-0.15, -0.1) is 0 Å². The molecule has 3 rings (SSSR count).